The Labute approximate surface area is 133 Å². The SMILES string of the molecule is O=C(NN1C(=O)[C@@H]2[C@@H]3C=C[C@H]([C@H]4C[C@H]34)[C@@H]2C1=O)c1ccccc1. The summed E-state index contributed by atoms with van der Waals surface area (Å²) in [7, 11) is 0. The Morgan fingerprint density at radius 3 is 2.09 bits per heavy atom. The predicted octanol–water partition coefficient (Wildman–Crippen LogP) is 1.38. The summed E-state index contributed by atoms with van der Waals surface area (Å²) in [6.45, 7) is 0. The molecule has 0 radical (unpaired) electrons. The first-order chi connectivity index (χ1) is 11.2. The number of imide groups is 1. The van der Waals surface area contributed by atoms with Crippen molar-refractivity contribution < 1.29 is 14.4 Å². The topological polar surface area (TPSA) is 66.5 Å². The Morgan fingerprint density at radius 1 is 0.957 bits per heavy atom. The highest BCUT2D eigenvalue weighted by atomic mass is 16.2. The Balaban J connectivity index is 1.42. The van der Waals surface area contributed by atoms with Gasteiger partial charge in [-0.3, -0.25) is 19.8 Å². The Kier molecular flexibility index (Phi) is 2.45. The van der Waals surface area contributed by atoms with Crippen molar-refractivity contribution in [2.45, 2.75) is 6.42 Å². The van der Waals surface area contributed by atoms with E-state index in [4.69, 9.17) is 0 Å². The van der Waals surface area contributed by atoms with Crippen LogP contribution < -0.4 is 5.43 Å². The third-order valence-corrected chi connectivity index (χ3v) is 5.91. The fraction of sp³-hybridized carbons (Fsp3) is 0.389. The number of benzene rings is 1. The van der Waals surface area contributed by atoms with E-state index in [0.717, 1.165) is 11.4 Å². The maximum atomic E-state index is 12.7. The Bertz CT molecular complexity index is 721. The van der Waals surface area contributed by atoms with E-state index in [1.165, 1.54) is 0 Å². The first-order valence-corrected chi connectivity index (χ1v) is 8.09. The van der Waals surface area contributed by atoms with Gasteiger partial charge in [0, 0.05) is 5.56 Å². The van der Waals surface area contributed by atoms with Gasteiger partial charge < -0.3 is 0 Å². The van der Waals surface area contributed by atoms with E-state index in [-0.39, 0.29) is 35.5 Å². The van der Waals surface area contributed by atoms with Gasteiger partial charge >= 0.3 is 0 Å². The second kappa shape index (κ2) is 4.31. The van der Waals surface area contributed by atoms with E-state index >= 15 is 0 Å². The van der Waals surface area contributed by atoms with Gasteiger partial charge in [0.1, 0.15) is 0 Å². The number of amides is 3. The quantitative estimate of drug-likeness (QED) is 0.663. The molecule has 1 aromatic carbocycles. The number of hydrogen-bond acceptors (Lipinski definition) is 3. The molecule has 4 aliphatic carbocycles. The number of rotatable bonds is 2. The molecule has 23 heavy (non-hydrogen) atoms. The van der Waals surface area contributed by atoms with Gasteiger partial charge in [-0.2, -0.15) is 5.01 Å². The smallest absolute Gasteiger partial charge is 0.270 e. The minimum Gasteiger partial charge on any atom is -0.272 e. The molecule has 1 N–H and O–H groups in total. The largest absolute Gasteiger partial charge is 0.272 e. The minimum atomic E-state index is -0.420. The second-order valence-electron chi connectivity index (χ2n) is 6.97. The van der Waals surface area contributed by atoms with Crippen LogP contribution in [0.2, 0.25) is 0 Å². The molecule has 3 amide bonds. The molecule has 1 aromatic rings. The van der Waals surface area contributed by atoms with Crippen LogP contribution in [0.5, 0.6) is 0 Å². The van der Waals surface area contributed by atoms with Gasteiger partial charge in [0.05, 0.1) is 11.8 Å². The van der Waals surface area contributed by atoms with Gasteiger partial charge in [-0.05, 0) is 42.2 Å². The molecule has 2 saturated carbocycles. The summed E-state index contributed by atoms with van der Waals surface area (Å²) in [6.07, 6.45) is 5.37. The Hall–Kier alpha value is -2.43. The molecular weight excluding hydrogens is 292 g/mol. The average Bonchev–Trinajstić information content (AvgIpc) is 3.37. The van der Waals surface area contributed by atoms with Crippen molar-refractivity contribution in [2.75, 3.05) is 0 Å². The summed E-state index contributed by atoms with van der Waals surface area (Å²) in [5, 5.41) is 0.975. The summed E-state index contributed by atoms with van der Waals surface area (Å²) < 4.78 is 0. The molecule has 6 atom stereocenters. The average molecular weight is 308 g/mol. The molecule has 5 nitrogen and oxygen atoms in total. The zero-order chi connectivity index (χ0) is 15.7. The highest BCUT2D eigenvalue weighted by Gasteiger charge is 2.67. The molecule has 1 saturated heterocycles. The molecule has 0 unspecified atom stereocenters. The van der Waals surface area contributed by atoms with Gasteiger partial charge in [0.25, 0.3) is 17.7 Å². The lowest BCUT2D eigenvalue weighted by molar-refractivity contribution is -0.143. The second-order valence-corrected chi connectivity index (χ2v) is 6.97. The van der Waals surface area contributed by atoms with Gasteiger partial charge in [0.15, 0.2) is 0 Å². The molecule has 116 valence electrons. The molecule has 5 heteroatoms. The predicted molar refractivity (Wildman–Crippen MR) is 80.5 cm³/mol. The lowest BCUT2D eigenvalue weighted by Crippen LogP contribution is -2.46. The molecule has 1 aliphatic heterocycles. The van der Waals surface area contributed by atoms with Crippen molar-refractivity contribution in [1.29, 1.82) is 0 Å². The van der Waals surface area contributed by atoms with Gasteiger partial charge in [-0.1, -0.05) is 30.4 Å². The van der Waals surface area contributed by atoms with Crippen molar-refractivity contribution in [1.82, 2.24) is 10.4 Å². The van der Waals surface area contributed by atoms with Crippen molar-refractivity contribution in [3.63, 3.8) is 0 Å². The molecule has 0 aromatic heterocycles. The van der Waals surface area contributed by atoms with Crippen LogP contribution in [-0.2, 0) is 9.59 Å². The normalized spacial score (nSPS) is 39.2. The summed E-state index contributed by atoms with van der Waals surface area (Å²) in [5.74, 6) is 0.00438. The van der Waals surface area contributed by atoms with Crippen molar-refractivity contribution >= 4 is 17.7 Å². The van der Waals surface area contributed by atoms with E-state index in [1.807, 2.05) is 6.07 Å². The van der Waals surface area contributed by atoms with E-state index in [0.29, 0.717) is 17.4 Å². The zero-order valence-corrected chi connectivity index (χ0v) is 12.4. The van der Waals surface area contributed by atoms with Gasteiger partial charge in [-0.15, -0.1) is 0 Å². The molecule has 2 bridgehead atoms. The zero-order valence-electron chi connectivity index (χ0n) is 12.4. The summed E-state index contributed by atoms with van der Waals surface area (Å²) in [6, 6.07) is 8.63. The number of hydrazine groups is 1. The highest BCUT2D eigenvalue weighted by molar-refractivity contribution is 6.08. The summed E-state index contributed by atoms with van der Waals surface area (Å²) in [5.41, 5.74) is 2.95. The van der Waals surface area contributed by atoms with Crippen LogP contribution in [-0.4, -0.2) is 22.7 Å². The third kappa shape index (κ3) is 1.65. The maximum Gasteiger partial charge on any atom is 0.270 e. The summed E-state index contributed by atoms with van der Waals surface area (Å²) >= 11 is 0. The lowest BCUT2D eigenvalue weighted by atomic mass is 9.63. The molecule has 6 rings (SSSR count). The Morgan fingerprint density at radius 2 is 1.52 bits per heavy atom. The van der Waals surface area contributed by atoms with E-state index in [9.17, 15) is 14.4 Å². The number of carbonyl (C=O) groups is 3. The minimum absolute atomic E-state index is 0.171. The molecular formula is C18H16N2O3. The maximum absolute atomic E-state index is 12.7. The van der Waals surface area contributed by atoms with Crippen LogP contribution in [0.25, 0.3) is 0 Å². The fourth-order valence-corrected chi connectivity index (χ4v) is 4.82. The highest BCUT2D eigenvalue weighted by Crippen LogP contribution is 2.65. The van der Waals surface area contributed by atoms with Crippen LogP contribution in [0.3, 0.4) is 0 Å². The van der Waals surface area contributed by atoms with Gasteiger partial charge in [-0.25, -0.2) is 0 Å². The monoisotopic (exact) mass is 308 g/mol. The molecule has 3 fully saturated rings. The van der Waals surface area contributed by atoms with E-state index in [2.05, 4.69) is 17.6 Å². The van der Waals surface area contributed by atoms with Crippen molar-refractivity contribution in [3.05, 3.63) is 48.0 Å². The van der Waals surface area contributed by atoms with Crippen LogP contribution in [0.15, 0.2) is 42.5 Å². The first kappa shape index (κ1) is 13.0. The standard InChI is InChI=1S/C18H16N2O3/c21-16(9-4-2-1-3-5-9)19-20-17(22)14-10-6-7-11(13-8-12(10)13)15(14)18(20)23/h1-7,10-15H,8H2,(H,19,21)/t10-,11-,12-,13-,14-,15+/m1/s1. The summed E-state index contributed by atoms with van der Waals surface area (Å²) in [4.78, 5) is 37.7. The van der Waals surface area contributed by atoms with Gasteiger partial charge in [0.2, 0.25) is 0 Å². The van der Waals surface area contributed by atoms with Crippen LogP contribution in [0.1, 0.15) is 16.8 Å². The first-order valence-electron chi connectivity index (χ1n) is 8.09. The van der Waals surface area contributed by atoms with Crippen LogP contribution in [0, 0.1) is 35.5 Å². The molecule has 5 aliphatic rings. The molecule has 1 heterocycles. The molecule has 0 spiro atoms. The lowest BCUT2D eigenvalue weighted by Gasteiger charge is -2.37. The van der Waals surface area contributed by atoms with Crippen molar-refractivity contribution in [3.8, 4) is 0 Å². The van der Waals surface area contributed by atoms with Crippen molar-refractivity contribution in [2.24, 2.45) is 35.5 Å². The van der Waals surface area contributed by atoms with E-state index in [1.54, 1.807) is 24.3 Å². The fourth-order valence-electron chi connectivity index (χ4n) is 4.82. The third-order valence-electron chi connectivity index (χ3n) is 5.91. The number of nitrogens with zero attached hydrogens (tertiary/aromatic N) is 1. The van der Waals surface area contributed by atoms with Crippen LogP contribution in [0.4, 0.5) is 0 Å². The number of carbonyl (C=O) groups excluding carboxylic acids is 3. The number of nitrogens with one attached hydrogen (secondary N) is 1. The van der Waals surface area contributed by atoms with Crippen LogP contribution >= 0.6 is 0 Å². The number of allylic oxidation sites excluding steroid dienone is 2. The number of hydrogen-bond donors (Lipinski definition) is 1. The van der Waals surface area contributed by atoms with E-state index < -0.39 is 5.91 Å².